The lowest BCUT2D eigenvalue weighted by Gasteiger charge is -2.03. The summed E-state index contributed by atoms with van der Waals surface area (Å²) in [6, 6.07) is 5.69. The third-order valence-electron chi connectivity index (χ3n) is 1.75. The Bertz CT molecular complexity index is 454. The van der Waals surface area contributed by atoms with E-state index in [1.165, 1.54) is 25.1 Å². The molecule has 2 N–H and O–H groups in total. The van der Waals surface area contributed by atoms with Crippen LogP contribution in [0.25, 0.3) is 6.08 Å². The number of hydrogen-bond donors (Lipinski definition) is 2. The first-order valence-corrected chi connectivity index (χ1v) is 4.48. The molecule has 0 fully saturated rings. The van der Waals surface area contributed by atoms with Crippen molar-refractivity contribution in [3.05, 3.63) is 41.3 Å². The van der Waals surface area contributed by atoms with E-state index in [2.05, 4.69) is 5.32 Å². The Morgan fingerprint density at radius 1 is 1.38 bits per heavy atom. The van der Waals surface area contributed by atoms with Gasteiger partial charge >= 0.3 is 5.97 Å². The Balaban J connectivity index is 3.07. The lowest BCUT2D eigenvalue weighted by Crippen LogP contribution is -2.24. The standard InChI is InChI=1S/C11H10FNO3/c1-7(14)13-10(11(15)16)6-8-4-2-3-5-9(8)12/h2-6H,1H3,(H,13,14)(H,15,16)/b10-6+. The third-order valence-corrected chi connectivity index (χ3v) is 1.75. The number of halogens is 1. The van der Waals surface area contributed by atoms with Gasteiger partial charge in [-0.25, -0.2) is 9.18 Å². The molecule has 0 aliphatic rings. The fourth-order valence-electron chi connectivity index (χ4n) is 1.09. The molecule has 0 aliphatic carbocycles. The molecule has 4 nitrogen and oxygen atoms in total. The number of nitrogens with one attached hydrogen (secondary N) is 1. The highest BCUT2D eigenvalue weighted by molar-refractivity contribution is 5.96. The number of aliphatic carboxylic acids is 1. The quantitative estimate of drug-likeness (QED) is 0.761. The zero-order valence-electron chi connectivity index (χ0n) is 8.53. The first-order chi connectivity index (χ1) is 7.50. The van der Waals surface area contributed by atoms with Crippen molar-refractivity contribution < 1.29 is 19.1 Å². The number of carboxylic acid groups (broad SMARTS) is 1. The van der Waals surface area contributed by atoms with Crippen molar-refractivity contribution in [3.8, 4) is 0 Å². The number of carbonyl (C=O) groups is 2. The minimum Gasteiger partial charge on any atom is -0.477 e. The van der Waals surface area contributed by atoms with E-state index < -0.39 is 17.7 Å². The van der Waals surface area contributed by atoms with Crippen LogP contribution in [0.2, 0.25) is 0 Å². The van der Waals surface area contributed by atoms with E-state index in [9.17, 15) is 14.0 Å². The van der Waals surface area contributed by atoms with E-state index in [1.54, 1.807) is 6.07 Å². The molecule has 1 aromatic rings. The highest BCUT2D eigenvalue weighted by Crippen LogP contribution is 2.10. The van der Waals surface area contributed by atoms with Crippen LogP contribution < -0.4 is 5.32 Å². The number of hydrogen-bond acceptors (Lipinski definition) is 2. The number of carbonyl (C=O) groups excluding carboxylic acids is 1. The second-order valence-electron chi connectivity index (χ2n) is 3.07. The maximum Gasteiger partial charge on any atom is 0.352 e. The van der Waals surface area contributed by atoms with Crippen molar-refractivity contribution in [2.45, 2.75) is 6.92 Å². The van der Waals surface area contributed by atoms with Gasteiger partial charge in [0.2, 0.25) is 5.91 Å². The summed E-state index contributed by atoms with van der Waals surface area (Å²) in [5.74, 6) is -2.39. The molecule has 0 unspecified atom stereocenters. The summed E-state index contributed by atoms with van der Waals surface area (Å²) in [4.78, 5) is 21.5. The van der Waals surface area contributed by atoms with Crippen LogP contribution in [0.3, 0.4) is 0 Å². The summed E-state index contributed by atoms with van der Waals surface area (Å²) >= 11 is 0. The Labute approximate surface area is 91.4 Å². The molecular weight excluding hydrogens is 213 g/mol. The summed E-state index contributed by atoms with van der Waals surface area (Å²) in [5, 5.41) is 10.9. The minimum absolute atomic E-state index is 0.105. The molecule has 0 saturated heterocycles. The Morgan fingerprint density at radius 2 is 2.00 bits per heavy atom. The van der Waals surface area contributed by atoms with Crippen LogP contribution >= 0.6 is 0 Å². The molecule has 1 rings (SSSR count). The van der Waals surface area contributed by atoms with E-state index in [-0.39, 0.29) is 11.3 Å². The second-order valence-corrected chi connectivity index (χ2v) is 3.07. The number of rotatable bonds is 3. The van der Waals surface area contributed by atoms with E-state index in [4.69, 9.17) is 5.11 Å². The van der Waals surface area contributed by atoms with Crippen molar-refractivity contribution in [3.63, 3.8) is 0 Å². The molecular formula is C11H10FNO3. The van der Waals surface area contributed by atoms with Gasteiger partial charge in [0.15, 0.2) is 0 Å². The van der Waals surface area contributed by atoms with Crippen molar-refractivity contribution in [2.24, 2.45) is 0 Å². The second kappa shape index (κ2) is 5.06. The topological polar surface area (TPSA) is 66.4 Å². The summed E-state index contributed by atoms with van der Waals surface area (Å²) in [7, 11) is 0. The van der Waals surface area contributed by atoms with E-state index in [0.29, 0.717) is 0 Å². The molecule has 16 heavy (non-hydrogen) atoms. The molecule has 0 atom stereocenters. The molecule has 0 heterocycles. The average molecular weight is 223 g/mol. The zero-order chi connectivity index (χ0) is 12.1. The number of carboxylic acids is 1. The van der Waals surface area contributed by atoms with Crippen molar-refractivity contribution in [1.29, 1.82) is 0 Å². The average Bonchev–Trinajstić information content (AvgIpc) is 2.19. The SMILES string of the molecule is CC(=O)N/C(=C/c1ccccc1F)C(=O)O. The third kappa shape index (κ3) is 3.20. The monoisotopic (exact) mass is 223 g/mol. The first-order valence-electron chi connectivity index (χ1n) is 4.48. The van der Waals surface area contributed by atoms with Gasteiger partial charge in [0.05, 0.1) is 0 Å². The highest BCUT2D eigenvalue weighted by Gasteiger charge is 2.09. The highest BCUT2D eigenvalue weighted by atomic mass is 19.1. The molecule has 0 saturated carbocycles. The maximum absolute atomic E-state index is 13.2. The van der Waals surface area contributed by atoms with Crippen LogP contribution in [0.5, 0.6) is 0 Å². The fraction of sp³-hybridized carbons (Fsp3) is 0.0909. The van der Waals surface area contributed by atoms with Crippen molar-refractivity contribution in [1.82, 2.24) is 5.32 Å². The predicted molar refractivity (Wildman–Crippen MR) is 55.8 cm³/mol. The molecule has 84 valence electrons. The molecule has 0 radical (unpaired) electrons. The number of benzene rings is 1. The van der Waals surface area contributed by atoms with E-state index in [1.807, 2.05) is 0 Å². The lowest BCUT2D eigenvalue weighted by atomic mass is 10.2. The Kier molecular flexibility index (Phi) is 3.77. The van der Waals surface area contributed by atoms with Gasteiger partial charge in [-0.15, -0.1) is 0 Å². The van der Waals surface area contributed by atoms with Gasteiger partial charge in [0, 0.05) is 12.5 Å². The molecule has 1 aromatic carbocycles. The van der Waals surface area contributed by atoms with E-state index in [0.717, 1.165) is 6.08 Å². The maximum atomic E-state index is 13.2. The normalized spacial score (nSPS) is 11.0. The molecule has 0 aromatic heterocycles. The van der Waals surface area contributed by atoms with Crippen LogP contribution in [0.4, 0.5) is 4.39 Å². The van der Waals surface area contributed by atoms with Gasteiger partial charge in [-0.3, -0.25) is 4.79 Å². The van der Waals surface area contributed by atoms with Crippen LogP contribution in [0.1, 0.15) is 12.5 Å². The van der Waals surface area contributed by atoms with Gasteiger partial charge < -0.3 is 10.4 Å². The minimum atomic E-state index is -1.32. The summed E-state index contributed by atoms with van der Waals surface area (Å²) < 4.78 is 13.2. The van der Waals surface area contributed by atoms with Gasteiger partial charge in [0.25, 0.3) is 0 Å². The smallest absolute Gasteiger partial charge is 0.352 e. The van der Waals surface area contributed by atoms with Crippen LogP contribution in [0, 0.1) is 5.82 Å². The zero-order valence-corrected chi connectivity index (χ0v) is 8.53. The summed E-state index contributed by atoms with van der Waals surface area (Å²) in [5.41, 5.74) is -0.258. The first kappa shape index (κ1) is 11.9. The summed E-state index contributed by atoms with van der Waals surface area (Å²) in [6.07, 6.45) is 1.07. The van der Waals surface area contributed by atoms with Crippen molar-refractivity contribution in [2.75, 3.05) is 0 Å². The summed E-state index contributed by atoms with van der Waals surface area (Å²) in [6.45, 7) is 1.18. The number of amides is 1. The van der Waals surface area contributed by atoms with Crippen molar-refractivity contribution >= 4 is 18.0 Å². The Hall–Kier alpha value is -2.17. The molecule has 1 amide bonds. The van der Waals surface area contributed by atoms with E-state index >= 15 is 0 Å². The van der Waals surface area contributed by atoms with Gasteiger partial charge in [-0.05, 0) is 12.1 Å². The molecule has 0 spiro atoms. The van der Waals surface area contributed by atoms with Gasteiger partial charge in [-0.2, -0.15) is 0 Å². The molecule has 5 heteroatoms. The van der Waals surface area contributed by atoms with Crippen LogP contribution in [0.15, 0.2) is 30.0 Å². The predicted octanol–water partition coefficient (Wildman–Crippen LogP) is 1.39. The van der Waals surface area contributed by atoms with Crippen LogP contribution in [-0.4, -0.2) is 17.0 Å². The largest absolute Gasteiger partial charge is 0.477 e. The van der Waals surface area contributed by atoms with Gasteiger partial charge in [0.1, 0.15) is 11.5 Å². The fourth-order valence-corrected chi connectivity index (χ4v) is 1.09. The van der Waals surface area contributed by atoms with Crippen LogP contribution in [-0.2, 0) is 9.59 Å². The molecule has 0 bridgehead atoms. The Morgan fingerprint density at radius 3 is 2.50 bits per heavy atom. The molecule has 0 aliphatic heterocycles. The lowest BCUT2D eigenvalue weighted by molar-refractivity contribution is -0.134. The van der Waals surface area contributed by atoms with Gasteiger partial charge in [-0.1, -0.05) is 18.2 Å².